The molecule has 0 aliphatic carbocycles. The van der Waals surface area contributed by atoms with Crippen LogP contribution in [0.1, 0.15) is 11.1 Å². The van der Waals surface area contributed by atoms with E-state index in [1.165, 1.54) is 5.56 Å². The third-order valence-corrected chi connectivity index (χ3v) is 3.87. The highest BCUT2D eigenvalue weighted by atomic mass is 16.5. The molecular weight excluding hydrogens is 314 g/mol. The van der Waals surface area contributed by atoms with E-state index in [4.69, 9.17) is 4.74 Å². The summed E-state index contributed by atoms with van der Waals surface area (Å²) in [5.41, 5.74) is 3.83. The molecule has 3 aromatic rings. The first kappa shape index (κ1) is 16.8. The van der Waals surface area contributed by atoms with Crippen LogP contribution in [-0.4, -0.2) is 24.2 Å². The highest BCUT2D eigenvalue weighted by Gasteiger charge is 2.05. The molecular formula is C20H21N3O2. The van der Waals surface area contributed by atoms with Gasteiger partial charge in [0.05, 0.1) is 6.54 Å². The number of fused-ring (bicyclic) bond motifs is 1. The number of carbonyl (C=O) groups excluding carboxylic acids is 1. The second kappa shape index (κ2) is 7.66. The molecule has 0 aliphatic heterocycles. The molecule has 0 bridgehead atoms. The van der Waals surface area contributed by atoms with Crippen LogP contribution in [0.5, 0.6) is 5.75 Å². The predicted molar refractivity (Wildman–Crippen MR) is 100 cm³/mol. The average Bonchev–Trinajstić information content (AvgIpc) is 2.61. The van der Waals surface area contributed by atoms with E-state index in [9.17, 15) is 4.79 Å². The molecule has 0 fully saturated rings. The van der Waals surface area contributed by atoms with Crippen LogP contribution in [0.3, 0.4) is 0 Å². The quantitative estimate of drug-likeness (QED) is 0.691. The highest BCUT2D eigenvalue weighted by molar-refractivity contribution is 5.90. The zero-order valence-corrected chi connectivity index (χ0v) is 14.4. The molecule has 0 radical (unpaired) electrons. The van der Waals surface area contributed by atoms with Gasteiger partial charge in [0.1, 0.15) is 17.9 Å². The number of hydrogen-bond acceptors (Lipinski definition) is 3. The second-order valence-corrected chi connectivity index (χ2v) is 5.88. The zero-order chi connectivity index (χ0) is 17.6. The predicted octanol–water partition coefficient (Wildman–Crippen LogP) is 4.05. The fourth-order valence-corrected chi connectivity index (χ4v) is 2.64. The maximum Gasteiger partial charge on any atom is 0.319 e. The number of benzene rings is 2. The van der Waals surface area contributed by atoms with Crippen molar-refractivity contribution in [2.75, 3.05) is 18.5 Å². The summed E-state index contributed by atoms with van der Waals surface area (Å²) in [6, 6.07) is 15.4. The molecule has 0 unspecified atom stereocenters. The van der Waals surface area contributed by atoms with Gasteiger partial charge in [-0.05, 0) is 37.6 Å². The molecule has 2 aromatic carbocycles. The second-order valence-electron chi connectivity index (χ2n) is 5.88. The van der Waals surface area contributed by atoms with Crippen LogP contribution in [0, 0.1) is 13.8 Å². The van der Waals surface area contributed by atoms with Gasteiger partial charge in [0, 0.05) is 17.3 Å². The first-order chi connectivity index (χ1) is 12.1. The van der Waals surface area contributed by atoms with Crippen LogP contribution in [-0.2, 0) is 0 Å². The number of aryl methyl sites for hydroxylation is 2. The van der Waals surface area contributed by atoms with Gasteiger partial charge in [-0.15, -0.1) is 0 Å². The Kier molecular flexibility index (Phi) is 5.14. The molecule has 0 aliphatic rings. The largest absolute Gasteiger partial charge is 0.489 e. The standard InChI is InChI=1S/C20H21N3O2/c1-14-8-9-17(15(2)13-14)23-20(24)22-11-12-25-18-7-3-5-16-6-4-10-21-19(16)18/h3-10,13H,11-12H2,1-2H3,(H2,22,23,24). The lowest BCUT2D eigenvalue weighted by Crippen LogP contribution is -2.32. The Hall–Kier alpha value is -3.08. The average molecular weight is 335 g/mol. The number of urea groups is 1. The van der Waals surface area contributed by atoms with Crippen molar-refractivity contribution in [3.63, 3.8) is 0 Å². The Morgan fingerprint density at radius 2 is 1.96 bits per heavy atom. The van der Waals surface area contributed by atoms with Gasteiger partial charge in [-0.1, -0.05) is 35.9 Å². The lowest BCUT2D eigenvalue weighted by molar-refractivity contribution is 0.247. The lowest BCUT2D eigenvalue weighted by Gasteiger charge is -2.12. The molecule has 0 saturated carbocycles. The summed E-state index contributed by atoms with van der Waals surface area (Å²) < 4.78 is 5.75. The van der Waals surface area contributed by atoms with Gasteiger partial charge < -0.3 is 15.4 Å². The number of aromatic nitrogens is 1. The van der Waals surface area contributed by atoms with Gasteiger partial charge in [-0.25, -0.2) is 4.79 Å². The third kappa shape index (κ3) is 4.26. The van der Waals surface area contributed by atoms with Crippen molar-refractivity contribution in [1.82, 2.24) is 10.3 Å². The van der Waals surface area contributed by atoms with Gasteiger partial charge in [-0.3, -0.25) is 4.98 Å². The number of hydrogen-bond donors (Lipinski definition) is 2. The summed E-state index contributed by atoms with van der Waals surface area (Å²) in [4.78, 5) is 16.3. The van der Waals surface area contributed by atoms with Crippen molar-refractivity contribution < 1.29 is 9.53 Å². The monoisotopic (exact) mass is 335 g/mol. The van der Waals surface area contributed by atoms with E-state index >= 15 is 0 Å². The molecule has 0 saturated heterocycles. The number of rotatable bonds is 5. The van der Waals surface area contributed by atoms with Crippen molar-refractivity contribution in [3.05, 3.63) is 65.9 Å². The smallest absolute Gasteiger partial charge is 0.319 e. The summed E-state index contributed by atoms with van der Waals surface area (Å²) in [5.74, 6) is 0.717. The van der Waals surface area contributed by atoms with E-state index in [0.717, 1.165) is 27.9 Å². The maximum absolute atomic E-state index is 12.0. The Labute approximate surface area is 147 Å². The Balaban J connectivity index is 1.50. The van der Waals surface area contributed by atoms with Crippen LogP contribution in [0.2, 0.25) is 0 Å². The van der Waals surface area contributed by atoms with Gasteiger partial charge in [-0.2, -0.15) is 0 Å². The van der Waals surface area contributed by atoms with E-state index in [0.29, 0.717) is 13.2 Å². The number of carbonyl (C=O) groups is 1. The van der Waals surface area contributed by atoms with Crippen LogP contribution < -0.4 is 15.4 Å². The summed E-state index contributed by atoms with van der Waals surface area (Å²) in [7, 11) is 0. The molecule has 25 heavy (non-hydrogen) atoms. The molecule has 0 spiro atoms. The van der Waals surface area contributed by atoms with Gasteiger partial charge >= 0.3 is 6.03 Å². The molecule has 2 N–H and O–H groups in total. The number of amides is 2. The minimum Gasteiger partial charge on any atom is -0.489 e. The molecule has 128 valence electrons. The molecule has 2 amide bonds. The minimum absolute atomic E-state index is 0.244. The van der Waals surface area contributed by atoms with E-state index < -0.39 is 0 Å². The molecule has 5 heteroatoms. The van der Waals surface area contributed by atoms with Gasteiger partial charge in [0.25, 0.3) is 0 Å². The van der Waals surface area contributed by atoms with Gasteiger partial charge in [0.15, 0.2) is 0 Å². The summed E-state index contributed by atoms with van der Waals surface area (Å²) in [6.07, 6.45) is 1.74. The summed E-state index contributed by atoms with van der Waals surface area (Å²) in [5, 5.41) is 6.67. The molecule has 3 rings (SSSR count). The molecule has 0 atom stereocenters. The van der Waals surface area contributed by atoms with E-state index in [2.05, 4.69) is 15.6 Å². The number of ether oxygens (including phenoxy) is 1. The molecule has 1 heterocycles. The fraction of sp³-hybridized carbons (Fsp3) is 0.200. The Bertz CT molecular complexity index is 888. The number of anilines is 1. The third-order valence-electron chi connectivity index (χ3n) is 3.87. The van der Waals surface area contributed by atoms with E-state index in [1.807, 2.05) is 62.4 Å². The number of nitrogens with one attached hydrogen (secondary N) is 2. The highest BCUT2D eigenvalue weighted by Crippen LogP contribution is 2.22. The maximum atomic E-state index is 12.0. The number of para-hydroxylation sites is 1. The molecule has 1 aromatic heterocycles. The van der Waals surface area contributed by atoms with Crippen molar-refractivity contribution in [2.45, 2.75) is 13.8 Å². The zero-order valence-electron chi connectivity index (χ0n) is 14.4. The minimum atomic E-state index is -0.244. The SMILES string of the molecule is Cc1ccc(NC(=O)NCCOc2cccc3cccnc23)c(C)c1. The summed E-state index contributed by atoms with van der Waals surface area (Å²) >= 11 is 0. The van der Waals surface area contributed by atoms with Crippen molar-refractivity contribution in [1.29, 1.82) is 0 Å². The van der Waals surface area contributed by atoms with Crippen LogP contribution in [0.15, 0.2) is 54.7 Å². The topological polar surface area (TPSA) is 63.2 Å². The Morgan fingerprint density at radius 1 is 1.12 bits per heavy atom. The van der Waals surface area contributed by atoms with Crippen LogP contribution in [0.25, 0.3) is 10.9 Å². The van der Waals surface area contributed by atoms with E-state index in [-0.39, 0.29) is 6.03 Å². The normalized spacial score (nSPS) is 10.5. The Morgan fingerprint density at radius 3 is 2.80 bits per heavy atom. The number of nitrogens with zero attached hydrogens (tertiary/aromatic N) is 1. The number of pyridine rings is 1. The van der Waals surface area contributed by atoms with Gasteiger partial charge in [0.2, 0.25) is 0 Å². The lowest BCUT2D eigenvalue weighted by atomic mass is 10.1. The van der Waals surface area contributed by atoms with Crippen LogP contribution in [0.4, 0.5) is 10.5 Å². The first-order valence-electron chi connectivity index (χ1n) is 8.22. The fourth-order valence-electron chi connectivity index (χ4n) is 2.64. The van der Waals surface area contributed by atoms with Crippen LogP contribution >= 0.6 is 0 Å². The van der Waals surface area contributed by atoms with Crippen molar-refractivity contribution in [2.24, 2.45) is 0 Å². The first-order valence-corrected chi connectivity index (χ1v) is 8.22. The van der Waals surface area contributed by atoms with E-state index in [1.54, 1.807) is 6.20 Å². The van der Waals surface area contributed by atoms with Crippen molar-refractivity contribution in [3.8, 4) is 5.75 Å². The summed E-state index contributed by atoms with van der Waals surface area (Å²) in [6.45, 7) is 4.77. The van der Waals surface area contributed by atoms with Crippen molar-refractivity contribution >= 4 is 22.6 Å². The molecule has 5 nitrogen and oxygen atoms in total.